The third-order valence-electron chi connectivity index (χ3n) is 6.83. The van der Waals surface area contributed by atoms with Gasteiger partial charge in [-0.25, -0.2) is 0 Å². The predicted molar refractivity (Wildman–Crippen MR) is 104 cm³/mol. The molecule has 1 aromatic rings. The Balaban J connectivity index is 0.00000182. The molecule has 1 N–H and O–H groups in total. The van der Waals surface area contributed by atoms with E-state index >= 15 is 0 Å². The highest BCUT2D eigenvalue weighted by molar-refractivity contribution is 5.85. The number of halogens is 1. The lowest BCUT2D eigenvalue weighted by molar-refractivity contribution is -0.144. The van der Waals surface area contributed by atoms with Crippen molar-refractivity contribution in [2.45, 2.75) is 38.5 Å². The third-order valence-corrected chi connectivity index (χ3v) is 6.83. The number of hydrogen-bond acceptors (Lipinski definition) is 2. The number of hydrogen-bond donors (Lipinski definition) is 1. The van der Waals surface area contributed by atoms with Gasteiger partial charge in [-0.05, 0) is 69.0 Å². The van der Waals surface area contributed by atoms with Gasteiger partial charge in [0.05, 0.1) is 5.41 Å². The summed E-state index contributed by atoms with van der Waals surface area (Å²) < 4.78 is 0. The van der Waals surface area contributed by atoms with E-state index in [-0.39, 0.29) is 17.8 Å². The van der Waals surface area contributed by atoms with Gasteiger partial charge in [0.25, 0.3) is 0 Å². The molecule has 0 aromatic heterocycles. The Morgan fingerprint density at radius 1 is 1.24 bits per heavy atom. The molecule has 4 atom stereocenters. The Morgan fingerprint density at radius 3 is 2.68 bits per heavy atom. The van der Waals surface area contributed by atoms with E-state index in [4.69, 9.17) is 0 Å². The second kappa shape index (κ2) is 7.67. The third kappa shape index (κ3) is 3.46. The number of nitrogens with one attached hydrogen (secondary N) is 1. The van der Waals surface area contributed by atoms with Crippen LogP contribution in [0.1, 0.15) is 37.7 Å². The molecule has 3 nitrogen and oxygen atoms in total. The Labute approximate surface area is 158 Å². The fraction of sp³-hybridized carbons (Fsp3) is 0.667. The van der Waals surface area contributed by atoms with Crippen LogP contribution in [0.3, 0.4) is 0 Å². The molecule has 2 aliphatic carbocycles. The summed E-state index contributed by atoms with van der Waals surface area (Å²) in [4.78, 5) is 15.8. The zero-order valence-electron chi connectivity index (χ0n) is 15.2. The maximum Gasteiger partial charge on any atom is 0.229 e. The van der Waals surface area contributed by atoms with Crippen LogP contribution in [0.25, 0.3) is 0 Å². The Bertz CT molecular complexity index is 593. The van der Waals surface area contributed by atoms with Crippen LogP contribution in [-0.2, 0) is 11.2 Å². The SMILES string of the molecule is CNCC1CCN(C(=O)C2(Cc3ccccc3)CC3CCC2C3)C1.Cl. The van der Waals surface area contributed by atoms with Gasteiger partial charge in [0.15, 0.2) is 0 Å². The summed E-state index contributed by atoms with van der Waals surface area (Å²) in [5.74, 6) is 2.50. The lowest BCUT2D eigenvalue weighted by Gasteiger charge is -2.39. The van der Waals surface area contributed by atoms with E-state index in [0.29, 0.717) is 17.7 Å². The summed E-state index contributed by atoms with van der Waals surface area (Å²) in [5.41, 5.74) is 1.23. The topological polar surface area (TPSA) is 32.3 Å². The summed E-state index contributed by atoms with van der Waals surface area (Å²) in [6, 6.07) is 10.7. The first-order chi connectivity index (χ1) is 11.7. The average molecular weight is 363 g/mol. The van der Waals surface area contributed by atoms with Crippen LogP contribution in [-0.4, -0.2) is 37.5 Å². The number of benzene rings is 1. The van der Waals surface area contributed by atoms with Crippen molar-refractivity contribution in [3.63, 3.8) is 0 Å². The number of fused-ring (bicyclic) bond motifs is 2. The van der Waals surface area contributed by atoms with Crippen LogP contribution in [0.5, 0.6) is 0 Å². The van der Waals surface area contributed by atoms with Gasteiger partial charge in [0, 0.05) is 13.1 Å². The summed E-state index contributed by atoms with van der Waals surface area (Å²) in [5, 5.41) is 3.28. The van der Waals surface area contributed by atoms with E-state index in [9.17, 15) is 4.79 Å². The number of amides is 1. The lowest BCUT2D eigenvalue weighted by Crippen LogP contribution is -2.47. The van der Waals surface area contributed by atoms with Gasteiger partial charge < -0.3 is 10.2 Å². The molecule has 0 radical (unpaired) electrons. The maximum atomic E-state index is 13.6. The molecule has 1 aliphatic heterocycles. The van der Waals surface area contributed by atoms with Gasteiger partial charge in [-0.15, -0.1) is 12.4 Å². The van der Waals surface area contributed by atoms with Crippen LogP contribution >= 0.6 is 12.4 Å². The number of rotatable bonds is 5. The van der Waals surface area contributed by atoms with Crippen LogP contribution in [0.2, 0.25) is 0 Å². The molecule has 3 fully saturated rings. The monoisotopic (exact) mass is 362 g/mol. The molecule has 1 heterocycles. The van der Waals surface area contributed by atoms with Gasteiger partial charge in [-0.2, -0.15) is 0 Å². The van der Waals surface area contributed by atoms with E-state index in [1.165, 1.54) is 24.8 Å². The molecular weight excluding hydrogens is 332 g/mol. The van der Waals surface area contributed by atoms with E-state index < -0.39 is 0 Å². The molecule has 2 bridgehead atoms. The molecule has 4 unspecified atom stereocenters. The van der Waals surface area contributed by atoms with Crippen LogP contribution in [0.15, 0.2) is 30.3 Å². The Kier molecular flexibility index (Phi) is 5.75. The molecule has 2 saturated carbocycles. The van der Waals surface area contributed by atoms with Gasteiger partial charge in [0.2, 0.25) is 5.91 Å². The van der Waals surface area contributed by atoms with Crippen LogP contribution in [0, 0.1) is 23.2 Å². The number of carbonyl (C=O) groups is 1. The van der Waals surface area contributed by atoms with Crippen molar-refractivity contribution in [1.82, 2.24) is 10.2 Å². The smallest absolute Gasteiger partial charge is 0.229 e. The quantitative estimate of drug-likeness (QED) is 0.869. The highest BCUT2D eigenvalue weighted by Gasteiger charge is 2.56. The first-order valence-electron chi connectivity index (χ1n) is 9.69. The normalized spacial score (nSPS) is 33.5. The fourth-order valence-electron chi connectivity index (χ4n) is 5.75. The second-order valence-corrected chi connectivity index (χ2v) is 8.36. The van der Waals surface area contributed by atoms with Gasteiger partial charge >= 0.3 is 0 Å². The largest absolute Gasteiger partial charge is 0.342 e. The molecule has 138 valence electrons. The second-order valence-electron chi connectivity index (χ2n) is 8.36. The number of carbonyl (C=O) groups excluding carboxylic acids is 1. The molecule has 1 amide bonds. The van der Waals surface area contributed by atoms with Gasteiger partial charge in [0.1, 0.15) is 0 Å². The van der Waals surface area contributed by atoms with Crippen LogP contribution in [0.4, 0.5) is 0 Å². The highest BCUT2D eigenvalue weighted by atomic mass is 35.5. The van der Waals surface area contributed by atoms with Crippen molar-refractivity contribution in [3.05, 3.63) is 35.9 Å². The minimum Gasteiger partial charge on any atom is -0.342 e. The molecule has 3 aliphatic rings. The average Bonchev–Trinajstić information content (AvgIpc) is 3.31. The lowest BCUT2D eigenvalue weighted by atomic mass is 9.68. The molecule has 4 rings (SSSR count). The summed E-state index contributed by atoms with van der Waals surface area (Å²) in [6.45, 7) is 2.94. The highest BCUT2D eigenvalue weighted by Crippen LogP contribution is 2.58. The van der Waals surface area contributed by atoms with Crippen molar-refractivity contribution >= 4 is 18.3 Å². The minimum absolute atomic E-state index is 0. The van der Waals surface area contributed by atoms with E-state index in [2.05, 4.69) is 40.5 Å². The summed E-state index contributed by atoms with van der Waals surface area (Å²) >= 11 is 0. The van der Waals surface area contributed by atoms with Crippen molar-refractivity contribution in [3.8, 4) is 0 Å². The molecular formula is C21H31ClN2O. The Morgan fingerprint density at radius 2 is 2.04 bits per heavy atom. The molecule has 25 heavy (non-hydrogen) atoms. The number of nitrogens with zero attached hydrogens (tertiary/aromatic N) is 1. The minimum atomic E-state index is -0.112. The first-order valence-corrected chi connectivity index (χ1v) is 9.69. The van der Waals surface area contributed by atoms with Gasteiger partial charge in [-0.1, -0.05) is 36.8 Å². The zero-order chi connectivity index (χ0) is 16.6. The molecule has 1 saturated heterocycles. The van der Waals surface area contributed by atoms with Crippen molar-refractivity contribution in [2.75, 3.05) is 26.7 Å². The standard InChI is InChI=1S/C21H30N2O.ClH/c1-22-14-18-9-10-23(15-18)20(24)21(12-16-5-3-2-4-6-16)13-17-7-8-19(21)11-17;/h2-6,17-19,22H,7-15H2,1H3;1H. The van der Waals surface area contributed by atoms with E-state index in [1.54, 1.807) is 0 Å². The predicted octanol–water partition coefficient (Wildman–Crippen LogP) is 3.53. The zero-order valence-corrected chi connectivity index (χ0v) is 16.1. The number of likely N-dealkylation sites (tertiary alicyclic amines) is 1. The fourth-order valence-corrected chi connectivity index (χ4v) is 5.75. The maximum absolute atomic E-state index is 13.6. The molecule has 1 aromatic carbocycles. The van der Waals surface area contributed by atoms with Crippen LogP contribution < -0.4 is 5.32 Å². The summed E-state index contributed by atoms with van der Waals surface area (Å²) in [7, 11) is 2.01. The van der Waals surface area contributed by atoms with E-state index in [0.717, 1.165) is 44.8 Å². The van der Waals surface area contributed by atoms with Crippen molar-refractivity contribution in [2.24, 2.45) is 23.2 Å². The Hall–Kier alpha value is -1.06. The van der Waals surface area contributed by atoms with Gasteiger partial charge in [-0.3, -0.25) is 4.79 Å². The van der Waals surface area contributed by atoms with Crippen molar-refractivity contribution in [1.29, 1.82) is 0 Å². The molecule has 4 heteroatoms. The van der Waals surface area contributed by atoms with Crippen molar-refractivity contribution < 1.29 is 4.79 Å². The first kappa shape index (κ1) is 18.7. The molecule has 0 spiro atoms. The van der Waals surface area contributed by atoms with E-state index in [1.807, 2.05) is 7.05 Å². The summed E-state index contributed by atoms with van der Waals surface area (Å²) in [6.07, 6.45) is 7.11.